The molecule has 7 heteroatoms. The fourth-order valence-corrected chi connectivity index (χ4v) is 2.47. The Kier molecular flexibility index (Phi) is 5.58. The molecule has 20 heavy (non-hydrogen) atoms. The van der Waals surface area contributed by atoms with Crippen molar-refractivity contribution >= 4 is 23.3 Å². The monoisotopic (exact) mass is 297 g/mol. The second-order valence-corrected chi connectivity index (χ2v) is 5.24. The van der Waals surface area contributed by atoms with Crippen LogP contribution in [0.4, 0.5) is 5.82 Å². The number of amides is 1. The van der Waals surface area contributed by atoms with Crippen molar-refractivity contribution in [3.05, 3.63) is 22.8 Å². The molecule has 1 aromatic rings. The molecule has 1 aliphatic heterocycles. The summed E-state index contributed by atoms with van der Waals surface area (Å²) in [5.74, 6) is 5.41. The van der Waals surface area contributed by atoms with Crippen LogP contribution in [0, 0.1) is 0 Å². The first-order chi connectivity index (χ1) is 9.70. The molecule has 0 bridgehead atoms. The van der Waals surface area contributed by atoms with Gasteiger partial charge in [0.05, 0.1) is 5.02 Å². The molecule has 0 saturated carbocycles. The normalized spacial score (nSPS) is 15.3. The molecule has 110 valence electrons. The van der Waals surface area contributed by atoms with Gasteiger partial charge in [0.15, 0.2) is 0 Å². The van der Waals surface area contributed by atoms with Crippen LogP contribution in [-0.2, 0) is 0 Å². The number of carbonyl (C=O) groups is 1. The molecule has 1 saturated heterocycles. The van der Waals surface area contributed by atoms with E-state index in [0.717, 1.165) is 13.0 Å². The van der Waals surface area contributed by atoms with Crippen molar-refractivity contribution in [3.63, 3.8) is 0 Å². The van der Waals surface area contributed by atoms with E-state index in [1.165, 1.54) is 25.9 Å². The van der Waals surface area contributed by atoms with Crippen molar-refractivity contribution in [2.45, 2.75) is 19.3 Å². The molecular formula is C13H20ClN5O. The minimum absolute atomic E-state index is 0.197. The number of hydrogen-bond donors (Lipinski definition) is 3. The first kappa shape index (κ1) is 15.0. The van der Waals surface area contributed by atoms with Gasteiger partial charge in [-0.25, -0.2) is 10.8 Å². The van der Waals surface area contributed by atoms with Crippen LogP contribution >= 0.6 is 11.6 Å². The predicted octanol–water partition coefficient (Wildman–Crippen LogP) is 1.24. The van der Waals surface area contributed by atoms with E-state index in [1.54, 1.807) is 12.1 Å². The number of hydrazine groups is 1. The number of nitrogens with zero attached hydrogens (tertiary/aromatic N) is 2. The molecule has 1 fully saturated rings. The summed E-state index contributed by atoms with van der Waals surface area (Å²) >= 11 is 5.96. The van der Waals surface area contributed by atoms with E-state index in [-0.39, 0.29) is 11.6 Å². The number of pyridine rings is 1. The quantitative estimate of drug-likeness (QED) is 0.418. The minimum Gasteiger partial charge on any atom is -0.351 e. The fraction of sp³-hybridized carbons (Fsp3) is 0.538. The second kappa shape index (κ2) is 7.42. The lowest BCUT2D eigenvalue weighted by Crippen LogP contribution is -2.29. The highest BCUT2D eigenvalue weighted by Crippen LogP contribution is 2.16. The van der Waals surface area contributed by atoms with Gasteiger partial charge >= 0.3 is 0 Å². The zero-order valence-corrected chi connectivity index (χ0v) is 12.1. The number of nitrogen functional groups attached to an aromatic ring is 1. The molecule has 0 atom stereocenters. The van der Waals surface area contributed by atoms with Crippen LogP contribution < -0.4 is 16.6 Å². The lowest BCUT2D eigenvalue weighted by atomic mass is 10.3. The van der Waals surface area contributed by atoms with Gasteiger partial charge in [-0.3, -0.25) is 4.79 Å². The largest absolute Gasteiger partial charge is 0.351 e. The molecule has 6 nitrogen and oxygen atoms in total. The van der Waals surface area contributed by atoms with E-state index in [0.29, 0.717) is 17.4 Å². The van der Waals surface area contributed by atoms with Crippen LogP contribution in [0.2, 0.25) is 5.02 Å². The molecule has 1 amide bonds. The van der Waals surface area contributed by atoms with Gasteiger partial charge in [-0.15, -0.1) is 0 Å². The third kappa shape index (κ3) is 4.06. The van der Waals surface area contributed by atoms with Crippen LogP contribution in [0.3, 0.4) is 0 Å². The van der Waals surface area contributed by atoms with Gasteiger partial charge in [-0.1, -0.05) is 11.6 Å². The fourth-order valence-electron chi connectivity index (χ4n) is 2.28. The van der Waals surface area contributed by atoms with Crippen LogP contribution in [0.5, 0.6) is 0 Å². The Bertz CT molecular complexity index is 462. The zero-order valence-electron chi connectivity index (χ0n) is 11.4. The van der Waals surface area contributed by atoms with Gasteiger partial charge in [0, 0.05) is 6.54 Å². The highest BCUT2D eigenvalue weighted by Gasteiger charge is 2.14. The number of aromatic nitrogens is 1. The highest BCUT2D eigenvalue weighted by atomic mass is 35.5. The average molecular weight is 298 g/mol. The minimum atomic E-state index is -0.270. The summed E-state index contributed by atoms with van der Waals surface area (Å²) in [5, 5.41) is 3.15. The maximum absolute atomic E-state index is 12.0. The van der Waals surface area contributed by atoms with Gasteiger partial charge in [-0.2, -0.15) is 0 Å². The van der Waals surface area contributed by atoms with E-state index < -0.39 is 0 Å². The molecule has 0 aliphatic carbocycles. The average Bonchev–Trinajstić information content (AvgIpc) is 2.97. The summed E-state index contributed by atoms with van der Waals surface area (Å²) < 4.78 is 0. The van der Waals surface area contributed by atoms with Gasteiger partial charge in [0.25, 0.3) is 5.91 Å². The number of carbonyl (C=O) groups excluding carboxylic acids is 1. The molecular weight excluding hydrogens is 278 g/mol. The number of nitrogens with two attached hydrogens (primary N) is 1. The predicted molar refractivity (Wildman–Crippen MR) is 79.7 cm³/mol. The highest BCUT2D eigenvalue weighted by molar-refractivity contribution is 6.33. The lowest BCUT2D eigenvalue weighted by molar-refractivity contribution is 0.0947. The van der Waals surface area contributed by atoms with Gasteiger partial charge in [0.1, 0.15) is 11.5 Å². The van der Waals surface area contributed by atoms with Crippen molar-refractivity contribution in [2.24, 2.45) is 5.84 Å². The number of nitrogens with one attached hydrogen (secondary N) is 2. The van der Waals surface area contributed by atoms with Gasteiger partial charge < -0.3 is 15.6 Å². The molecule has 2 rings (SSSR count). The standard InChI is InChI=1S/C13H20ClN5O/c14-10-4-5-11(18-15)17-12(10)13(20)16-6-3-9-19-7-1-2-8-19/h4-5H,1-3,6-9,15H2,(H,16,20)(H,17,18). The van der Waals surface area contributed by atoms with E-state index >= 15 is 0 Å². The molecule has 1 aliphatic rings. The summed E-state index contributed by atoms with van der Waals surface area (Å²) in [7, 11) is 0. The Hall–Kier alpha value is -1.37. The van der Waals surface area contributed by atoms with Crippen LogP contribution in [0.1, 0.15) is 29.8 Å². The number of halogens is 1. The SMILES string of the molecule is NNc1ccc(Cl)c(C(=O)NCCCN2CCCC2)n1. The Morgan fingerprint density at radius 1 is 1.40 bits per heavy atom. The third-order valence-electron chi connectivity index (χ3n) is 3.34. The van der Waals surface area contributed by atoms with Crippen molar-refractivity contribution < 1.29 is 4.79 Å². The van der Waals surface area contributed by atoms with Gasteiger partial charge in [-0.05, 0) is 51.0 Å². The third-order valence-corrected chi connectivity index (χ3v) is 3.65. The summed E-state index contributed by atoms with van der Waals surface area (Å²) in [4.78, 5) is 18.5. The molecule has 0 aromatic carbocycles. The Balaban J connectivity index is 1.79. The molecule has 1 aromatic heterocycles. The molecule has 0 radical (unpaired) electrons. The molecule has 2 heterocycles. The first-order valence-electron chi connectivity index (χ1n) is 6.84. The Labute approximate surface area is 123 Å². The topological polar surface area (TPSA) is 83.3 Å². The number of anilines is 1. The molecule has 4 N–H and O–H groups in total. The summed E-state index contributed by atoms with van der Waals surface area (Å²) in [6, 6.07) is 3.22. The van der Waals surface area contributed by atoms with Gasteiger partial charge in [0.2, 0.25) is 0 Å². The molecule has 0 unspecified atom stereocenters. The Morgan fingerprint density at radius 3 is 2.85 bits per heavy atom. The summed E-state index contributed by atoms with van der Waals surface area (Å²) in [5.41, 5.74) is 2.59. The lowest BCUT2D eigenvalue weighted by Gasteiger charge is -2.14. The van der Waals surface area contributed by atoms with E-state index in [4.69, 9.17) is 17.4 Å². The first-order valence-corrected chi connectivity index (χ1v) is 7.22. The maximum Gasteiger partial charge on any atom is 0.271 e. The maximum atomic E-state index is 12.0. The van der Waals surface area contributed by atoms with Crippen molar-refractivity contribution in [1.29, 1.82) is 0 Å². The second-order valence-electron chi connectivity index (χ2n) is 4.83. The van der Waals surface area contributed by atoms with E-state index in [1.807, 2.05) is 0 Å². The Morgan fingerprint density at radius 2 is 2.15 bits per heavy atom. The molecule has 0 spiro atoms. The summed E-state index contributed by atoms with van der Waals surface area (Å²) in [6.07, 6.45) is 3.49. The van der Waals surface area contributed by atoms with Crippen molar-refractivity contribution in [1.82, 2.24) is 15.2 Å². The van der Waals surface area contributed by atoms with Crippen LogP contribution in [0.15, 0.2) is 12.1 Å². The number of rotatable bonds is 6. The van der Waals surface area contributed by atoms with Crippen LogP contribution in [0.25, 0.3) is 0 Å². The zero-order chi connectivity index (χ0) is 14.4. The van der Waals surface area contributed by atoms with Crippen molar-refractivity contribution in [2.75, 3.05) is 31.6 Å². The number of hydrogen-bond acceptors (Lipinski definition) is 5. The van der Waals surface area contributed by atoms with E-state index in [2.05, 4.69) is 20.6 Å². The van der Waals surface area contributed by atoms with Crippen LogP contribution in [-0.4, -0.2) is 42.0 Å². The summed E-state index contributed by atoms with van der Waals surface area (Å²) in [6.45, 7) is 3.98. The number of likely N-dealkylation sites (tertiary alicyclic amines) is 1. The van der Waals surface area contributed by atoms with Crippen molar-refractivity contribution in [3.8, 4) is 0 Å². The van der Waals surface area contributed by atoms with E-state index in [9.17, 15) is 4.79 Å². The smallest absolute Gasteiger partial charge is 0.271 e.